The van der Waals surface area contributed by atoms with Crippen molar-refractivity contribution in [3.63, 3.8) is 0 Å². The molecule has 1 atom stereocenters. The van der Waals surface area contributed by atoms with Gasteiger partial charge >= 0.3 is 0 Å². The van der Waals surface area contributed by atoms with Gasteiger partial charge in [0, 0.05) is 10.1 Å². The molecule has 19 heavy (non-hydrogen) atoms. The normalized spacial score (nSPS) is 14.1. The van der Waals surface area contributed by atoms with Crippen molar-refractivity contribution in [1.82, 2.24) is 0 Å². The van der Waals surface area contributed by atoms with Gasteiger partial charge in [0.1, 0.15) is 0 Å². The molecule has 0 aromatic heterocycles. The van der Waals surface area contributed by atoms with Crippen LogP contribution in [0.2, 0.25) is 0 Å². The number of benzene rings is 2. The highest BCUT2D eigenvalue weighted by Crippen LogP contribution is 2.24. The van der Waals surface area contributed by atoms with Gasteiger partial charge in [-0.3, -0.25) is 0 Å². The summed E-state index contributed by atoms with van der Waals surface area (Å²) in [6.07, 6.45) is 0. The summed E-state index contributed by atoms with van der Waals surface area (Å²) in [6, 6.07) is 17.3. The minimum atomic E-state index is -2.43. The second-order valence-electron chi connectivity index (χ2n) is 4.86. The van der Waals surface area contributed by atoms with Crippen molar-refractivity contribution in [2.75, 3.05) is 0 Å². The van der Waals surface area contributed by atoms with Crippen LogP contribution in [-0.4, -0.2) is 9.46 Å². The third kappa shape index (κ3) is 3.04. The molecule has 0 aliphatic heterocycles. The molecule has 100 valence electrons. The van der Waals surface area contributed by atoms with Crippen LogP contribution >= 0.6 is 0 Å². The number of hydrogen-bond donors (Lipinski definition) is 0. The molecule has 0 spiro atoms. The topological polar surface area (TPSA) is 29.4 Å². The Hall–Kier alpha value is -1.61. The highest BCUT2D eigenvalue weighted by Gasteiger charge is 2.17. The minimum absolute atomic E-state index is 0.0313. The number of nitrogens with zero attached hydrogens (tertiary/aromatic N) is 1. The van der Waals surface area contributed by atoms with Crippen LogP contribution in [0.4, 0.5) is 5.69 Å². The summed E-state index contributed by atoms with van der Waals surface area (Å²) in [4.78, 5) is 0.797. The van der Waals surface area contributed by atoms with Gasteiger partial charge in [-0.15, -0.1) is 0 Å². The lowest BCUT2D eigenvalue weighted by Gasteiger charge is -2.14. The van der Waals surface area contributed by atoms with Crippen molar-refractivity contribution in [2.24, 2.45) is 4.36 Å². The molecular weight excluding hydrogens is 254 g/mol. The van der Waals surface area contributed by atoms with Crippen molar-refractivity contribution in [3.05, 3.63) is 60.2 Å². The molecule has 2 nitrogen and oxygen atoms in total. The van der Waals surface area contributed by atoms with E-state index in [4.69, 9.17) is 0 Å². The van der Waals surface area contributed by atoms with Gasteiger partial charge in [-0.05, 0) is 45.0 Å². The second-order valence-corrected chi connectivity index (χ2v) is 7.59. The maximum atomic E-state index is 13.2. The Morgan fingerprint density at radius 3 is 2.05 bits per heavy atom. The Bertz CT molecular complexity index is 651. The van der Waals surface area contributed by atoms with Crippen LogP contribution < -0.4 is 0 Å². The monoisotopic (exact) mass is 273 g/mol. The van der Waals surface area contributed by atoms with Gasteiger partial charge in [0.15, 0.2) is 0 Å². The summed E-state index contributed by atoms with van der Waals surface area (Å²) in [5.41, 5.74) is 1.95. The summed E-state index contributed by atoms with van der Waals surface area (Å²) in [5, 5.41) is -0.0313. The molecule has 0 aliphatic rings. The van der Waals surface area contributed by atoms with Crippen LogP contribution in [-0.2, 0) is 9.73 Å². The standard InChI is InChI=1S/C16H19NOS/c1-13(2)19(18,16-7-5-4-6-8-16)17-15-11-9-14(3)10-12-15/h4-13H,1-3H3. The first kappa shape index (κ1) is 13.8. The first-order valence-electron chi connectivity index (χ1n) is 6.40. The lowest BCUT2D eigenvalue weighted by molar-refractivity contribution is 0.669. The molecule has 0 fully saturated rings. The second kappa shape index (κ2) is 5.57. The number of aryl methyl sites for hydroxylation is 1. The quantitative estimate of drug-likeness (QED) is 0.806. The van der Waals surface area contributed by atoms with Crippen molar-refractivity contribution in [1.29, 1.82) is 0 Å². The van der Waals surface area contributed by atoms with E-state index in [1.165, 1.54) is 5.56 Å². The SMILES string of the molecule is Cc1ccc(N=S(=O)(c2ccccc2)C(C)C)cc1. The van der Waals surface area contributed by atoms with Crippen molar-refractivity contribution < 1.29 is 4.21 Å². The van der Waals surface area contributed by atoms with Gasteiger partial charge < -0.3 is 0 Å². The van der Waals surface area contributed by atoms with E-state index in [2.05, 4.69) is 4.36 Å². The van der Waals surface area contributed by atoms with E-state index in [0.29, 0.717) is 0 Å². The molecule has 2 aromatic carbocycles. The maximum Gasteiger partial charge on any atom is 0.0824 e. The largest absolute Gasteiger partial charge is 0.244 e. The first-order valence-corrected chi connectivity index (χ1v) is 7.98. The molecule has 0 radical (unpaired) electrons. The van der Waals surface area contributed by atoms with E-state index in [9.17, 15) is 4.21 Å². The Balaban J connectivity index is 2.58. The molecule has 0 aliphatic carbocycles. The van der Waals surface area contributed by atoms with Gasteiger partial charge in [-0.25, -0.2) is 4.21 Å². The third-order valence-corrected chi connectivity index (χ3v) is 5.70. The van der Waals surface area contributed by atoms with Crippen molar-refractivity contribution in [3.8, 4) is 0 Å². The van der Waals surface area contributed by atoms with E-state index in [1.807, 2.05) is 75.4 Å². The lowest BCUT2D eigenvalue weighted by Crippen LogP contribution is -2.13. The van der Waals surface area contributed by atoms with Crippen molar-refractivity contribution in [2.45, 2.75) is 30.9 Å². The smallest absolute Gasteiger partial charge is 0.0824 e. The van der Waals surface area contributed by atoms with Gasteiger partial charge in [-0.2, -0.15) is 4.36 Å². The average Bonchev–Trinajstić information content (AvgIpc) is 2.42. The Kier molecular flexibility index (Phi) is 4.05. The Morgan fingerprint density at radius 1 is 0.947 bits per heavy atom. The lowest BCUT2D eigenvalue weighted by atomic mass is 10.2. The van der Waals surface area contributed by atoms with Crippen LogP contribution in [0, 0.1) is 6.92 Å². The molecule has 1 unspecified atom stereocenters. The van der Waals surface area contributed by atoms with Gasteiger partial charge in [-0.1, -0.05) is 35.9 Å². The van der Waals surface area contributed by atoms with E-state index in [1.54, 1.807) is 0 Å². The number of hydrogen-bond acceptors (Lipinski definition) is 2. The molecule has 2 aromatic rings. The minimum Gasteiger partial charge on any atom is -0.244 e. The van der Waals surface area contributed by atoms with Crippen LogP contribution in [0.5, 0.6) is 0 Å². The Morgan fingerprint density at radius 2 is 1.53 bits per heavy atom. The molecule has 0 amide bonds. The molecule has 3 heteroatoms. The fourth-order valence-electron chi connectivity index (χ4n) is 1.81. The van der Waals surface area contributed by atoms with E-state index < -0.39 is 9.73 Å². The summed E-state index contributed by atoms with van der Waals surface area (Å²) in [5.74, 6) is 0. The zero-order chi connectivity index (χ0) is 13.9. The maximum absolute atomic E-state index is 13.2. The van der Waals surface area contributed by atoms with E-state index >= 15 is 0 Å². The van der Waals surface area contributed by atoms with Crippen LogP contribution in [0.25, 0.3) is 0 Å². The Labute approximate surface area is 115 Å². The predicted octanol–water partition coefficient (Wildman–Crippen LogP) is 4.56. The van der Waals surface area contributed by atoms with Crippen LogP contribution in [0.15, 0.2) is 63.9 Å². The van der Waals surface area contributed by atoms with Gasteiger partial charge in [0.2, 0.25) is 0 Å². The van der Waals surface area contributed by atoms with Gasteiger partial charge in [0.05, 0.1) is 15.4 Å². The van der Waals surface area contributed by atoms with Crippen LogP contribution in [0.1, 0.15) is 19.4 Å². The predicted molar refractivity (Wildman–Crippen MR) is 81.3 cm³/mol. The fraction of sp³-hybridized carbons (Fsp3) is 0.250. The van der Waals surface area contributed by atoms with Crippen LogP contribution in [0.3, 0.4) is 0 Å². The van der Waals surface area contributed by atoms with E-state index in [0.717, 1.165) is 10.6 Å². The zero-order valence-electron chi connectivity index (χ0n) is 11.5. The molecule has 0 bridgehead atoms. The molecule has 0 saturated heterocycles. The third-order valence-electron chi connectivity index (χ3n) is 2.99. The highest BCUT2D eigenvalue weighted by molar-refractivity contribution is 7.94. The fourth-order valence-corrected chi connectivity index (χ4v) is 3.65. The average molecular weight is 273 g/mol. The molecule has 0 saturated carbocycles. The van der Waals surface area contributed by atoms with E-state index in [-0.39, 0.29) is 5.25 Å². The summed E-state index contributed by atoms with van der Waals surface area (Å²) >= 11 is 0. The zero-order valence-corrected chi connectivity index (χ0v) is 12.4. The molecule has 2 rings (SSSR count). The molecular formula is C16H19NOS. The highest BCUT2D eigenvalue weighted by atomic mass is 32.2. The van der Waals surface area contributed by atoms with Gasteiger partial charge in [0.25, 0.3) is 0 Å². The first-order chi connectivity index (χ1) is 9.02. The summed E-state index contributed by atoms with van der Waals surface area (Å²) < 4.78 is 17.7. The molecule has 0 heterocycles. The number of rotatable bonds is 3. The summed E-state index contributed by atoms with van der Waals surface area (Å²) in [6.45, 7) is 5.93. The van der Waals surface area contributed by atoms with Crippen molar-refractivity contribution >= 4 is 15.4 Å². The molecule has 0 N–H and O–H groups in total. The summed E-state index contributed by atoms with van der Waals surface area (Å²) in [7, 11) is -2.43.